The first-order valence-corrected chi connectivity index (χ1v) is 8.19. The largest absolute Gasteiger partial charge is 0.329 e. The van der Waals surface area contributed by atoms with Crippen molar-refractivity contribution < 1.29 is 0 Å². The van der Waals surface area contributed by atoms with E-state index < -0.39 is 0 Å². The van der Waals surface area contributed by atoms with Gasteiger partial charge >= 0.3 is 0 Å². The molecule has 1 atom stereocenters. The number of hydrogen-bond donors (Lipinski definition) is 1. The number of nitrogens with two attached hydrogens (primary N) is 1. The minimum atomic E-state index is 0.369. The fraction of sp³-hybridized carbons (Fsp3) is 1.00. The molecule has 2 rings (SSSR count). The highest BCUT2D eigenvalue weighted by molar-refractivity contribution is 4.98. The van der Waals surface area contributed by atoms with Crippen molar-refractivity contribution in [3.05, 3.63) is 0 Å². The number of hydrogen-bond acceptors (Lipinski definition) is 2. The Morgan fingerprint density at radius 2 is 1.83 bits per heavy atom. The van der Waals surface area contributed by atoms with Crippen molar-refractivity contribution in [3.8, 4) is 0 Å². The van der Waals surface area contributed by atoms with E-state index in [9.17, 15) is 0 Å². The van der Waals surface area contributed by atoms with Crippen LogP contribution in [0.4, 0.5) is 0 Å². The van der Waals surface area contributed by atoms with Crippen molar-refractivity contribution in [2.75, 3.05) is 19.6 Å². The van der Waals surface area contributed by atoms with Crippen LogP contribution in [0, 0.1) is 11.8 Å². The van der Waals surface area contributed by atoms with Crippen molar-refractivity contribution >= 4 is 0 Å². The molecule has 2 aliphatic rings. The van der Waals surface area contributed by atoms with E-state index in [1.165, 1.54) is 64.5 Å². The highest BCUT2D eigenvalue weighted by atomic mass is 15.2. The Hall–Kier alpha value is -0.0800. The molecule has 106 valence electrons. The third-order valence-electron chi connectivity index (χ3n) is 5.65. The zero-order valence-electron chi connectivity index (χ0n) is 12.5. The molecule has 1 saturated carbocycles. The van der Waals surface area contributed by atoms with Crippen LogP contribution in [0.15, 0.2) is 0 Å². The predicted molar refractivity (Wildman–Crippen MR) is 78.6 cm³/mol. The number of nitrogens with zero attached hydrogens (tertiary/aromatic N) is 1. The molecule has 1 saturated heterocycles. The summed E-state index contributed by atoms with van der Waals surface area (Å²) in [4.78, 5) is 2.75. The lowest BCUT2D eigenvalue weighted by Crippen LogP contribution is -2.54. The van der Waals surface area contributed by atoms with Gasteiger partial charge in [-0.15, -0.1) is 0 Å². The minimum Gasteiger partial charge on any atom is -0.329 e. The SMILES string of the molecule is CCCC1CCC(CN)(N2CCC(CC)C2)CC1. The molecule has 0 amide bonds. The first-order valence-electron chi connectivity index (χ1n) is 8.19. The van der Waals surface area contributed by atoms with E-state index in [0.29, 0.717) is 5.54 Å². The van der Waals surface area contributed by atoms with Gasteiger partial charge in [0.15, 0.2) is 0 Å². The van der Waals surface area contributed by atoms with Gasteiger partial charge in [-0.25, -0.2) is 0 Å². The molecule has 0 aromatic heterocycles. The maximum Gasteiger partial charge on any atom is 0.0332 e. The van der Waals surface area contributed by atoms with Gasteiger partial charge in [0, 0.05) is 18.6 Å². The van der Waals surface area contributed by atoms with Crippen LogP contribution in [-0.2, 0) is 0 Å². The standard InChI is InChI=1S/C16H32N2/c1-3-5-15-6-9-16(13-17,10-7-15)18-11-8-14(4-2)12-18/h14-15H,3-13,17H2,1-2H3. The maximum atomic E-state index is 6.18. The second kappa shape index (κ2) is 6.38. The Bertz CT molecular complexity index is 243. The summed E-state index contributed by atoms with van der Waals surface area (Å²) in [7, 11) is 0. The van der Waals surface area contributed by atoms with E-state index >= 15 is 0 Å². The highest BCUT2D eigenvalue weighted by Gasteiger charge is 2.41. The van der Waals surface area contributed by atoms with E-state index in [1.54, 1.807) is 0 Å². The molecular formula is C16H32N2. The van der Waals surface area contributed by atoms with Gasteiger partial charge in [-0.1, -0.05) is 33.1 Å². The van der Waals surface area contributed by atoms with Crippen LogP contribution in [0.3, 0.4) is 0 Å². The summed E-state index contributed by atoms with van der Waals surface area (Å²) >= 11 is 0. The van der Waals surface area contributed by atoms with Gasteiger partial charge in [0.1, 0.15) is 0 Å². The molecule has 2 heteroatoms. The lowest BCUT2D eigenvalue weighted by Gasteiger charge is -2.46. The second-order valence-electron chi connectivity index (χ2n) is 6.67. The number of likely N-dealkylation sites (tertiary alicyclic amines) is 1. The summed E-state index contributed by atoms with van der Waals surface area (Å²) in [5, 5.41) is 0. The van der Waals surface area contributed by atoms with E-state index in [-0.39, 0.29) is 0 Å². The fourth-order valence-corrected chi connectivity index (χ4v) is 4.16. The summed E-state index contributed by atoms with van der Waals surface area (Å²) in [6.07, 6.45) is 11.1. The Morgan fingerprint density at radius 1 is 1.11 bits per heavy atom. The quantitative estimate of drug-likeness (QED) is 0.812. The predicted octanol–water partition coefficient (Wildman–Crippen LogP) is 3.41. The van der Waals surface area contributed by atoms with Crippen molar-refractivity contribution in [1.29, 1.82) is 0 Å². The smallest absolute Gasteiger partial charge is 0.0332 e. The summed E-state index contributed by atoms with van der Waals surface area (Å²) in [5.74, 6) is 1.92. The summed E-state index contributed by atoms with van der Waals surface area (Å²) < 4.78 is 0. The highest BCUT2D eigenvalue weighted by Crippen LogP contribution is 2.40. The molecule has 1 unspecified atom stereocenters. The van der Waals surface area contributed by atoms with Gasteiger partial charge < -0.3 is 5.73 Å². The Kier molecular flexibility index (Phi) is 5.08. The van der Waals surface area contributed by atoms with Crippen LogP contribution >= 0.6 is 0 Å². The number of rotatable bonds is 5. The first kappa shape index (κ1) is 14.3. The van der Waals surface area contributed by atoms with Crippen LogP contribution < -0.4 is 5.73 Å². The molecule has 18 heavy (non-hydrogen) atoms. The van der Waals surface area contributed by atoms with Gasteiger partial charge in [0.25, 0.3) is 0 Å². The Morgan fingerprint density at radius 3 is 2.33 bits per heavy atom. The van der Waals surface area contributed by atoms with Crippen molar-refractivity contribution in [1.82, 2.24) is 4.90 Å². The van der Waals surface area contributed by atoms with Crippen LogP contribution in [0.2, 0.25) is 0 Å². The zero-order chi connectivity index (χ0) is 13.0. The Labute approximate surface area is 113 Å². The molecule has 0 aromatic carbocycles. The van der Waals surface area contributed by atoms with Crippen LogP contribution in [0.5, 0.6) is 0 Å². The second-order valence-corrected chi connectivity index (χ2v) is 6.67. The van der Waals surface area contributed by atoms with Gasteiger partial charge in [0.05, 0.1) is 0 Å². The maximum absolute atomic E-state index is 6.18. The molecule has 1 aliphatic carbocycles. The van der Waals surface area contributed by atoms with E-state index in [0.717, 1.165) is 18.4 Å². The monoisotopic (exact) mass is 252 g/mol. The molecule has 2 N–H and O–H groups in total. The van der Waals surface area contributed by atoms with Crippen molar-refractivity contribution in [2.24, 2.45) is 17.6 Å². The normalized spacial score (nSPS) is 38.2. The molecule has 2 nitrogen and oxygen atoms in total. The average molecular weight is 252 g/mol. The molecule has 0 aromatic rings. The van der Waals surface area contributed by atoms with Gasteiger partial charge in [-0.05, 0) is 50.5 Å². The minimum absolute atomic E-state index is 0.369. The topological polar surface area (TPSA) is 29.3 Å². The third-order valence-corrected chi connectivity index (χ3v) is 5.65. The van der Waals surface area contributed by atoms with Crippen LogP contribution in [-0.4, -0.2) is 30.1 Å². The lowest BCUT2D eigenvalue weighted by atomic mass is 9.74. The van der Waals surface area contributed by atoms with E-state index in [4.69, 9.17) is 5.73 Å². The molecular weight excluding hydrogens is 220 g/mol. The summed E-state index contributed by atoms with van der Waals surface area (Å²) in [6, 6.07) is 0. The molecule has 1 aliphatic heterocycles. The van der Waals surface area contributed by atoms with Gasteiger partial charge in [0.2, 0.25) is 0 Å². The molecule has 0 bridgehead atoms. The van der Waals surface area contributed by atoms with Crippen LogP contribution in [0.1, 0.15) is 65.2 Å². The fourth-order valence-electron chi connectivity index (χ4n) is 4.16. The van der Waals surface area contributed by atoms with Crippen molar-refractivity contribution in [3.63, 3.8) is 0 Å². The molecule has 1 heterocycles. The average Bonchev–Trinajstić information content (AvgIpc) is 2.90. The van der Waals surface area contributed by atoms with Gasteiger partial charge in [-0.2, -0.15) is 0 Å². The summed E-state index contributed by atoms with van der Waals surface area (Å²) in [6.45, 7) is 8.14. The van der Waals surface area contributed by atoms with Gasteiger partial charge in [-0.3, -0.25) is 4.90 Å². The van der Waals surface area contributed by atoms with Crippen molar-refractivity contribution in [2.45, 2.75) is 70.8 Å². The van der Waals surface area contributed by atoms with Crippen LogP contribution in [0.25, 0.3) is 0 Å². The first-order chi connectivity index (χ1) is 8.74. The Balaban J connectivity index is 1.92. The molecule has 2 fully saturated rings. The van der Waals surface area contributed by atoms with E-state index in [2.05, 4.69) is 18.7 Å². The lowest BCUT2D eigenvalue weighted by molar-refractivity contribution is 0.0578. The molecule has 0 spiro atoms. The summed E-state index contributed by atoms with van der Waals surface area (Å²) in [5.41, 5.74) is 6.55. The third kappa shape index (κ3) is 2.91. The zero-order valence-corrected chi connectivity index (χ0v) is 12.5. The van der Waals surface area contributed by atoms with E-state index in [1.807, 2.05) is 0 Å². The molecule has 0 radical (unpaired) electrons.